The van der Waals surface area contributed by atoms with Gasteiger partial charge in [-0.3, -0.25) is 20.3 Å². The summed E-state index contributed by atoms with van der Waals surface area (Å²) in [4.78, 5) is 17.6. The van der Waals surface area contributed by atoms with Crippen LogP contribution in [-0.4, -0.2) is 93.9 Å². The minimum Gasteiger partial charge on any atom is -0.389 e. The molecule has 1 aliphatic carbocycles. The predicted octanol–water partition coefficient (Wildman–Crippen LogP) is 1.18. The van der Waals surface area contributed by atoms with E-state index < -0.39 is 0 Å². The SMILES string of the molecule is CC1CC(C(=O)N2CC(O)C2)C(C)N1C1CCC(NC2NCC3OC(C#N)CC3C2Br)CC1. The van der Waals surface area contributed by atoms with Crippen LogP contribution in [0.25, 0.3) is 0 Å². The van der Waals surface area contributed by atoms with Gasteiger partial charge in [-0.2, -0.15) is 5.26 Å². The molecule has 5 rings (SSSR count). The average Bonchev–Trinajstić information content (AvgIpc) is 3.34. The van der Waals surface area contributed by atoms with E-state index in [-0.39, 0.29) is 47.2 Å². The van der Waals surface area contributed by atoms with Crippen LogP contribution in [-0.2, 0) is 9.53 Å². The Labute approximate surface area is 205 Å². The quantitative estimate of drug-likeness (QED) is 0.475. The van der Waals surface area contributed by atoms with E-state index in [0.717, 1.165) is 45.1 Å². The lowest BCUT2D eigenvalue weighted by atomic mass is 9.87. The normalized spacial score (nSPS) is 46.6. The number of carbonyl (C=O) groups is 1. The van der Waals surface area contributed by atoms with Gasteiger partial charge in [0, 0.05) is 54.5 Å². The van der Waals surface area contributed by atoms with Gasteiger partial charge in [-0.15, -0.1) is 0 Å². The van der Waals surface area contributed by atoms with E-state index in [2.05, 4.69) is 51.4 Å². The molecule has 8 atom stereocenters. The highest BCUT2D eigenvalue weighted by Crippen LogP contribution is 2.39. The van der Waals surface area contributed by atoms with Crippen LogP contribution in [0.1, 0.15) is 52.4 Å². The molecule has 4 saturated heterocycles. The highest BCUT2D eigenvalue weighted by atomic mass is 79.9. The number of amides is 1. The lowest BCUT2D eigenvalue weighted by molar-refractivity contribution is -0.146. The summed E-state index contributed by atoms with van der Waals surface area (Å²) in [6.45, 7) is 6.30. The van der Waals surface area contributed by atoms with Crippen LogP contribution in [0.5, 0.6) is 0 Å². The summed E-state index contributed by atoms with van der Waals surface area (Å²) >= 11 is 3.90. The third kappa shape index (κ3) is 4.60. The number of aliphatic hydroxyl groups excluding tert-OH is 1. The number of nitrogens with one attached hydrogen (secondary N) is 2. The van der Waals surface area contributed by atoms with Gasteiger partial charge in [0.1, 0.15) is 6.10 Å². The molecular weight excluding hydrogens is 486 g/mol. The van der Waals surface area contributed by atoms with Crippen LogP contribution < -0.4 is 10.6 Å². The van der Waals surface area contributed by atoms with Crippen LogP contribution in [0, 0.1) is 23.2 Å². The molecule has 5 aliphatic rings. The van der Waals surface area contributed by atoms with Gasteiger partial charge in [-0.05, 0) is 52.4 Å². The second kappa shape index (κ2) is 9.71. The van der Waals surface area contributed by atoms with Crippen LogP contribution in [0.4, 0.5) is 0 Å². The van der Waals surface area contributed by atoms with Crippen molar-refractivity contribution < 1.29 is 14.6 Å². The summed E-state index contributed by atoms with van der Waals surface area (Å²) in [7, 11) is 0. The fraction of sp³-hybridized carbons (Fsp3) is 0.917. The number of fused-ring (bicyclic) bond motifs is 1. The molecular formula is C24H38BrN5O3. The summed E-state index contributed by atoms with van der Waals surface area (Å²) in [6, 6.07) is 3.98. The number of ether oxygens (including phenoxy) is 1. The first-order valence-corrected chi connectivity index (χ1v) is 13.7. The Morgan fingerprint density at radius 1 is 1.21 bits per heavy atom. The van der Waals surface area contributed by atoms with E-state index in [9.17, 15) is 15.2 Å². The molecule has 8 nitrogen and oxygen atoms in total. The molecule has 0 spiro atoms. The largest absolute Gasteiger partial charge is 0.389 e. The summed E-state index contributed by atoms with van der Waals surface area (Å²) < 4.78 is 5.84. The van der Waals surface area contributed by atoms with Gasteiger partial charge in [0.2, 0.25) is 5.91 Å². The zero-order valence-electron chi connectivity index (χ0n) is 19.7. The first-order chi connectivity index (χ1) is 15.9. The topological polar surface area (TPSA) is 101 Å². The lowest BCUT2D eigenvalue weighted by Gasteiger charge is -2.43. The fourth-order valence-electron chi connectivity index (χ4n) is 7.10. The number of alkyl halides is 1. The van der Waals surface area contributed by atoms with Crippen LogP contribution in [0.2, 0.25) is 0 Å². The average molecular weight is 525 g/mol. The molecule has 0 aromatic carbocycles. The number of hydrogen-bond acceptors (Lipinski definition) is 7. The van der Waals surface area contributed by atoms with Crippen molar-refractivity contribution in [2.24, 2.45) is 11.8 Å². The maximum Gasteiger partial charge on any atom is 0.227 e. The summed E-state index contributed by atoms with van der Waals surface area (Å²) in [5, 5.41) is 26.2. The summed E-state index contributed by atoms with van der Waals surface area (Å²) in [6.07, 6.45) is 6.04. The third-order valence-corrected chi connectivity index (χ3v) is 10.1. The fourth-order valence-corrected chi connectivity index (χ4v) is 7.99. The van der Waals surface area contributed by atoms with Crippen LogP contribution in [0.3, 0.4) is 0 Å². The number of carbonyl (C=O) groups excluding carboxylic acids is 1. The highest BCUT2D eigenvalue weighted by molar-refractivity contribution is 9.09. The Morgan fingerprint density at radius 2 is 1.94 bits per heavy atom. The number of piperidine rings is 1. The molecule has 0 bridgehead atoms. The van der Waals surface area contributed by atoms with Crippen molar-refractivity contribution >= 4 is 21.8 Å². The number of hydrogen-bond donors (Lipinski definition) is 3. The van der Waals surface area contributed by atoms with Crippen LogP contribution >= 0.6 is 15.9 Å². The molecule has 5 fully saturated rings. The molecule has 4 aliphatic heterocycles. The van der Waals surface area contributed by atoms with E-state index >= 15 is 0 Å². The molecule has 4 heterocycles. The van der Waals surface area contributed by atoms with Gasteiger partial charge < -0.3 is 14.7 Å². The van der Waals surface area contributed by atoms with E-state index in [4.69, 9.17) is 4.74 Å². The zero-order valence-corrected chi connectivity index (χ0v) is 21.3. The van der Waals surface area contributed by atoms with Crippen molar-refractivity contribution in [1.82, 2.24) is 20.4 Å². The van der Waals surface area contributed by atoms with Crippen molar-refractivity contribution in [3.05, 3.63) is 0 Å². The molecule has 8 unspecified atom stereocenters. The number of likely N-dealkylation sites (tertiary alicyclic amines) is 2. The molecule has 0 aromatic rings. The molecule has 184 valence electrons. The third-order valence-electron chi connectivity index (χ3n) is 8.89. The molecule has 0 aromatic heterocycles. The minimum atomic E-state index is -0.334. The standard InChI is InChI=1S/C24H38BrN5O3/c1-13-7-19(24(32)29-11-17(31)12-29)14(2)30(13)16-5-3-15(4-6-16)28-23-22(25)20-8-18(9-26)33-21(20)10-27-23/h13-23,27-28,31H,3-8,10-12H2,1-2H3. The minimum absolute atomic E-state index is 0.0581. The monoisotopic (exact) mass is 523 g/mol. The Morgan fingerprint density at radius 3 is 2.61 bits per heavy atom. The van der Waals surface area contributed by atoms with Gasteiger partial charge in [0.15, 0.2) is 0 Å². The number of nitrogens with zero attached hydrogens (tertiary/aromatic N) is 3. The molecule has 1 saturated carbocycles. The van der Waals surface area contributed by atoms with Crippen LogP contribution in [0.15, 0.2) is 0 Å². The maximum atomic E-state index is 12.9. The first-order valence-electron chi connectivity index (χ1n) is 12.8. The maximum absolute atomic E-state index is 12.9. The molecule has 1 amide bonds. The predicted molar refractivity (Wildman–Crippen MR) is 128 cm³/mol. The van der Waals surface area contributed by atoms with Gasteiger partial charge in [-0.1, -0.05) is 15.9 Å². The van der Waals surface area contributed by atoms with Gasteiger partial charge >= 0.3 is 0 Å². The van der Waals surface area contributed by atoms with Crippen molar-refractivity contribution in [3.63, 3.8) is 0 Å². The Bertz CT molecular complexity index is 766. The number of nitriles is 1. The van der Waals surface area contributed by atoms with Crippen molar-refractivity contribution in [2.75, 3.05) is 19.6 Å². The number of rotatable bonds is 4. The summed E-state index contributed by atoms with van der Waals surface area (Å²) in [5.41, 5.74) is 0. The van der Waals surface area contributed by atoms with Crippen molar-refractivity contribution in [2.45, 2.75) is 106 Å². The molecule has 9 heteroatoms. The van der Waals surface area contributed by atoms with E-state index in [0.29, 0.717) is 37.1 Å². The molecule has 3 N–H and O–H groups in total. The van der Waals surface area contributed by atoms with E-state index in [1.54, 1.807) is 0 Å². The number of aliphatic hydroxyl groups is 1. The van der Waals surface area contributed by atoms with E-state index in [1.807, 2.05) is 4.90 Å². The number of β-amino-alcohol motifs (C(OH)–C–C–N with tert-alkyl or cyclic N) is 1. The Hall–Kier alpha value is -0.760. The lowest BCUT2D eigenvalue weighted by Crippen LogP contribution is -2.61. The first kappa shape index (κ1) is 24.0. The highest BCUT2D eigenvalue weighted by Gasteiger charge is 2.48. The van der Waals surface area contributed by atoms with Gasteiger partial charge in [0.25, 0.3) is 0 Å². The summed E-state index contributed by atoms with van der Waals surface area (Å²) in [5.74, 6) is 0.665. The van der Waals surface area contributed by atoms with Gasteiger partial charge in [-0.25, -0.2) is 0 Å². The second-order valence-corrected chi connectivity index (χ2v) is 12.0. The Balaban J connectivity index is 1.12. The Kier molecular flexibility index (Phi) is 7.05. The molecule has 0 radical (unpaired) electrons. The smallest absolute Gasteiger partial charge is 0.227 e. The zero-order chi connectivity index (χ0) is 23.3. The number of halogens is 1. The van der Waals surface area contributed by atoms with Gasteiger partial charge in [0.05, 0.1) is 30.4 Å². The van der Waals surface area contributed by atoms with Crippen molar-refractivity contribution in [1.29, 1.82) is 5.26 Å². The van der Waals surface area contributed by atoms with Crippen molar-refractivity contribution in [3.8, 4) is 6.07 Å². The molecule has 33 heavy (non-hydrogen) atoms. The second-order valence-electron chi connectivity index (χ2n) is 11.0. The van der Waals surface area contributed by atoms with E-state index in [1.165, 1.54) is 0 Å².